The van der Waals surface area contributed by atoms with Gasteiger partial charge in [0.05, 0.1) is 17.8 Å². The molecule has 7 nitrogen and oxygen atoms in total. The molecule has 0 radical (unpaired) electrons. The lowest BCUT2D eigenvalue weighted by atomic mass is 10.0. The maximum Gasteiger partial charge on any atom is 0.254 e. The molecule has 1 aliphatic carbocycles. The van der Waals surface area contributed by atoms with Crippen LogP contribution in [0.1, 0.15) is 55.2 Å². The van der Waals surface area contributed by atoms with E-state index < -0.39 is 6.10 Å². The number of benzene rings is 2. The van der Waals surface area contributed by atoms with E-state index in [1.54, 1.807) is 0 Å². The molecule has 1 aliphatic rings. The van der Waals surface area contributed by atoms with Gasteiger partial charge in [-0.25, -0.2) is 4.98 Å². The minimum Gasteiger partial charge on any atom is -0.441 e. The second kappa shape index (κ2) is 11.1. The molecule has 2 aromatic carbocycles. The highest BCUT2D eigenvalue weighted by Gasteiger charge is 2.22. The van der Waals surface area contributed by atoms with Gasteiger partial charge in [0.25, 0.3) is 5.91 Å². The van der Waals surface area contributed by atoms with Gasteiger partial charge >= 0.3 is 0 Å². The van der Waals surface area contributed by atoms with Crippen molar-refractivity contribution < 1.29 is 18.7 Å². The molecule has 0 bridgehead atoms. The van der Waals surface area contributed by atoms with Crippen molar-refractivity contribution in [2.75, 3.05) is 12.4 Å². The predicted octanol–water partition coefficient (Wildman–Crippen LogP) is 5.17. The van der Waals surface area contributed by atoms with Crippen LogP contribution in [-0.4, -0.2) is 23.9 Å². The number of nitrogens with zero attached hydrogens (tertiary/aromatic N) is 1. The number of aryl methyl sites for hydroxylation is 1. The Labute approximate surface area is 199 Å². The van der Waals surface area contributed by atoms with Gasteiger partial charge in [-0.3, -0.25) is 9.59 Å². The number of amides is 2. The Hall–Kier alpha value is -3.45. The van der Waals surface area contributed by atoms with Crippen LogP contribution >= 0.6 is 0 Å². The Morgan fingerprint density at radius 2 is 1.79 bits per heavy atom. The molecule has 3 aromatic rings. The molecule has 1 aromatic heterocycles. The molecule has 1 atom stereocenters. The maximum absolute atomic E-state index is 12.7. The number of methoxy groups -OCH3 is 1. The Balaban J connectivity index is 1.43. The molecule has 7 heteroatoms. The topological polar surface area (TPSA) is 93.5 Å². The summed E-state index contributed by atoms with van der Waals surface area (Å²) in [5.74, 6) is 1.25. The number of carbonyl (C=O) groups is 2. The van der Waals surface area contributed by atoms with Gasteiger partial charge in [0, 0.05) is 13.5 Å². The number of hydrogen-bond acceptors (Lipinski definition) is 5. The van der Waals surface area contributed by atoms with Crippen LogP contribution < -0.4 is 10.6 Å². The Bertz CT molecular complexity index is 1120. The van der Waals surface area contributed by atoms with Crippen LogP contribution in [-0.2, 0) is 20.9 Å². The van der Waals surface area contributed by atoms with Gasteiger partial charge in [-0.2, -0.15) is 0 Å². The van der Waals surface area contributed by atoms with Crippen molar-refractivity contribution in [3.05, 3.63) is 71.6 Å². The first-order valence-corrected chi connectivity index (χ1v) is 11.8. The third-order valence-corrected chi connectivity index (χ3v) is 6.28. The highest BCUT2D eigenvalue weighted by molar-refractivity contribution is 5.94. The molecule has 34 heavy (non-hydrogen) atoms. The predicted molar refractivity (Wildman–Crippen MR) is 130 cm³/mol. The summed E-state index contributed by atoms with van der Waals surface area (Å²) in [5, 5.41) is 5.92. The van der Waals surface area contributed by atoms with Crippen LogP contribution in [0.25, 0.3) is 11.5 Å². The summed E-state index contributed by atoms with van der Waals surface area (Å²) >= 11 is 0. The van der Waals surface area contributed by atoms with Crippen LogP contribution in [0.3, 0.4) is 0 Å². The molecule has 1 heterocycles. The van der Waals surface area contributed by atoms with Crippen LogP contribution in [0.4, 0.5) is 5.69 Å². The SMILES string of the molecule is COC(C(=O)NCc1nc(-c2ccccc2NC(=O)CC2CCCC2)oc1C)c1ccccc1. The Morgan fingerprint density at radius 1 is 1.09 bits per heavy atom. The number of nitrogens with one attached hydrogen (secondary N) is 2. The number of anilines is 1. The van der Waals surface area contributed by atoms with Gasteiger partial charge in [0.15, 0.2) is 6.10 Å². The summed E-state index contributed by atoms with van der Waals surface area (Å²) in [6.45, 7) is 2.02. The van der Waals surface area contributed by atoms with Crippen molar-refractivity contribution in [1.29, 1.82) is 0 Å². The molecule has 0 spiro atoms. The first kappa shape index (κ1) is 23.7. The molecular weight excluding hydrogens is 430 g/mol. The average Bonchev–Trinajstić information content (AvgIpc) is 3.48. The summed E-state index contributed by atoms with van der Waals surface area (Å²) < 4.78 is 11.3. The lowest BCUT2D eigenvalue weighted by Crippen LogP contribution is -2.30. The normalized spacial score (nSPS) is 14.6. The molecule has 1 fully saturated rings. The highest BCUT2D eigenvalue weighted by atomic mass is 16.5. The van der Waals surface area contributed by atoms with Gasteiger partial charge in [-0.15, -0.1) is 0 Å². The molecule has 4 rings (SSSR count). The lowest BCUT2D eigenvalue weighted by molar-refractivity contribution is -0.131. The fourth-order valence-corrected chi connectivity index (χ4v) is 4.45. The first-order valence-electron chi connectivity index (χ1n) is 11.8. The van der Waals surface area contributed by atoms with E-state index in [1.165, 1.54) is 20.0 Å². The summed E-state index contributed by atoms with van der Waals surface area (Å²) in [4.78, 5) is 29.9. The first-order chi connectivity index (χ1) is 16.5. The Morgan fingerprint density at radius 3 is 2.53 bits per heavy atom. The van der Waals surface area contributed by atoms with Gasteiger partial charge < -0.3 is 19.8 Å². The quantitative estimate of drug-likeness (QED) is 0.458. The smallest absolute Gasteiger partial charge is 0.254 e. The largest absolute Gasteiger partial charge is 0.441 e. The van der Waals surface area contributed by atoms with E-state index in [4.69, 9.17) is 9.15 Å². The van der Waals surface area contributed by atoms with Crippen molar-refractivity contribution in [2.45, 2.75) is 51.7 Å². The Kier molecular flexibility index (Phi) is 7.75. The third kappa shape index (κ3) is 5.72. The zero-order valence-corrected chi connectivity index (χ0v) is 19.7. The van der Waals surface area contributed by atoms with Gasteiger partial charge in [0.2, 0.25) is 11.8 Å². The minimum absolute atomic E-state index is 0.0154. The van der Waals surface area contributed by atoms with Gasteiger partial charge in [-0.05, 0) is 43.4 Å². The average molecular weight is 462 g/mol. The van der Waals surface area contributed by atoms with Crippen molar-refractivity contribution in [3.63, 3.8) is 0 Å². The molecular formula is C27H31N3O4. The number of oxazole rings is 1. The highest BCUT2D eigenvalue weighted by Crippen LogP contribution is 2.31. The van der Waals surface area contributed by atoms with E-state index in [2.05, 4.69) is 15.6 Å². The van der Waals surface area contributed by atoms with Gasteiger partial charge in [-0.1, -0.05) is 55.3 Å². The molecule has 178 valence electrons. The van der Waals surface area contributed by atoms with Gasteiger partial charge in [0.1, 0.15) is 11.5 Å². The summed E-state index contributed by atoms with van der Waals surface area (Å²) in [7, 11) is 1.51. The zero-order chi connectivity index (χ0) is 23.9. The molecule has 2 amide bonds. The molecule has 0 aliphatic heterocycles. The zero-order valence-electron chi connectivity index (χ0n) is 19.7. The van der Waals surface area contributed by atoms with Crippen molar-refractivity contribution in [3.8, 4) is 11.5 Å². The number of para-hydroxylation sites is 1. The summed E-state index contributed by atoms with van der Waals surface area (Å²) in [5.41, 5.74) is 2.79. The minimum atomic E-state index is -0.705. The second-order valence-electron chi connectivity index (χ2n) is 8.71. The third-order valence-electron chi connectivity index (χ3n) is 6.28. The number of carbonyl (C=O) groups excluding carboxylic acids is 2. The van der Waals surface area contributed by atoms with Crippen LogP contribution in [0.15, 0.2) is 59.0 Å². The number of aromatic nitrogens is 1. The van der Waals surface area contributed by atoms with E-state index in [1.807, 2.05) is 61.5 Å². The number of hydrogen-bond donors (Lipinski definition) is 2. The number of rotatable bonds is 9. The summed E-state index contributed by atoms with van der Waals surface area (Å²) in [6.07, 6.45) is 4.50. The van der Waals surface area contributed by atoms with Crippen LogP contribution in [0.5, 0.6) is 0 Å². The van der Waals surface area contributed by atoms with Crippen LogP contribution in [0.2, 0.25) is 0 Å². The fourth-order valence-electron chi connectivity index (χ4n) is 4.45. The van der Waals surface area contributed by atoms with Crippen molar-refractivity contribution in [1.82, 2.24) is 10.3 Å². The van der Waals surface area contributed by atoms with E-state index in [0.29, 0.717) is 40.9 Å². The molecule has 1 unspecified atom stereocenters. The number of ether oxygens (including phenoxy) is 1. The molecule has 0 saturated heterocycles. The van der Waals surface area contributed by atoms with Crippen molar-refractivity contribution >= 4 is 17.5 Å². The fraction of sp³-hybridized carbons (Fsp3) is 0.370. The van der Waals surface area contributed by atoms with E-state index >= 15 is 0 Å². The van der Waals surface area contributed by atoms with E-state index in [0.717, 1.165) is 18.4 Å². The van der Waals surface area contributed by atoms with Crippen LogP contribution in [0, 0.1) is 12.8 Å². The maximum atomic E-state index is 12.7. The van der Waals surface area contributed by atoms with E-state index in [-0.39, 0.29) is 18.4 Å². The standard InChI is InChI=1S/C27H31N3O4/c1-18-23(17-28-26(32)25(33-2)20-12-4-3-5-13-20)30-27(34-18)21-14-8-9-15-22(21)29-24(31)16-19-10-6-7-11-19/h3-5,8-9,12-15,19,25H,6-7,10-11,16-17H2,1-2H3,(H,28,32)(H,29,31). The summed E-state index contributed by atoms with van der Waals surface area (Å²) in [6, 6.07) is 16.8. The lowest BCUT2D eigenvalue weighted by Gasteiger charge is -2.15. The molecule has 2 N–H and O–H groups in total. The van der Waals surface area contributed by atoms with Crippen molar-refractivity contribution in [2.24, 2.45) is 5.92 Å². The molecule has 1 saturated carbocycles. The monoisotopic (exact) mass is 461 g/mol. The second-order valence-corrected chi connectivity index (χ2v) is 8.71. The van der Waals surface area contributed by atoms with E-state index in [9.17, 15) is 9.59 Å².